The highest BCUT2D eigenvalue weighted by atomic mass is 127. The second kappa shape index (κ2) is 6.95. The van der Waals surface area contributed by atoms with Gasteiger partial charge in [-0.2, -0.15) is 0 Å². The van der Waals surface area contributed by atoms with E-state index < -0.39 is 28.3 Å². The lowest BCUT2D eigenvalue weighted by molar-refractivity contribution is 0.0707. The van der Waals surface area contributed by atoms with Crippen LogP contribution in [0.3, 0.4) is 0 Å². The van der Waals surface area contributed by atoms with Crippen molar-refractivity contribution in [2.75, 3.05) is 5.32 Å². The first-order valence-corrected chi connectivity index (χ1v) is 7.52. The van der Waals surface area contributed by atoms with Crippen LogP contribution in [0.4, 0.5) is 20.2 Å². The zero-order valence-corrected chi connectivity index (χ0v) is 14.2. The lowest BCUT2D eigenvalue weighted by Gasteiger charge is -2.14. The minimum absolute atomic E-state index is 0.247. The summed E-state index contributed by atoms with van der Waals surface area (Å²) in [6, 6.07) is 5.72. The Morgan fingerprint density at radius 3 is 2.41 bits per heavy atom. The van der Waals surface area contributed by atoms with Crippen LogP contribution in [0.15, 0.2) is 24.3 Å². The van der Waals surface area contributed by atoms with Gasteiger partial charge in [-0.1, -0.05) is 23.2 Å². The van der Waals surface area contributed by atoms with Gasteiger partial charge in [0.05, 0.1) is 27.0 Å². The second-order valence-electron chi connectivity index (χ2n) is 4.10. The monoisotopic (exact) mass is 458 g/mol. The molecular formula is C13H7Cl2F2IN2O2. The van der Waals surface area contributed by atoms with E-state index in [1.54, 1.807) is 12.1 Å². The number of carbonyl (C=O) groups is 1. The van der Waals surface area contributed by atoms with E-state index in [-0.39, 0.29) is 16.3 Å². The first-order chi connectivity index (χ1) is 10.3. The first kappa shape index (κ1) is 17.2. The molecule has 0 aliphatic heterocycles. The van der Waals surface area contributed by atoms with E-state index in [2.05, 4.69) is 5.32 Å². The molecule has 0 bridgehead atoms. The Kier molecular flexibility index (Phi) is 5.43. The third kappa shape index (κ3) is 3.43. The van der Waals surface area contributed by atoms with E-state index in [0.29, 0.717) is 0 Å². The highest BCUT2D eigenvalue weighted by Crippen LogP contribution is 2.33. The summed E-state index contributed by atoms with van der Waals surface area (Å²) in [5.41, 5.74) is 0.740. The molecule has 0 unspecified atom stereocenters. The van der Waals surface area contributed by atoms with Gasteiger partial charge < -0.3 is 5.32 Å². The average molecular weight is 459 g/mol. The number of halogens is 5. The van der Waals surface area contributed by atoms with E-state index >= 15 is 0 Å². The minimum atomic E-state index is -1.36. The van der Waals surface area contributed by atoms with Gasteiger partial charge in [0.25, 0.3) is 5.91 Å². The SMILES string of the molecule is O=C(NO)c1cc(Cl)c(F)c(F)c1Nc1ccc(I)cc1Cl. The van der Waals surface area contributed by atoms with E-state index in [4.69, 9.17) is 28.4 Å². The van der Waals surface area contributed by atoms with Gasteiger partial charge in [-0.15, -0.1) is 0 Å². The van der Waals surface area contributed by atoms with Crippen LogP contribution in [0, 0.1) is 15.2 Å². The van der Waals surface area contributed by atoms with E-state index in [1.807, 2.05) is 22.6 Å². The first-order valence-electron chi connectivity index (χ1n) is 5.69. The molecule has 2 aromatic rings. The summed E-state index contributed by atoms with van der Waals surface area (Å²) in [5.74, 6) is -3.73. The normalized spacial score (nSPS) is 10.5. The molecule has 0 spiro atoms. The molecule has 2 aromatic carbocycles. The van der Waals surface area contributed by atoms with Crippen molar-refractivity contribution in [3.8, 4) is 0 Å². The summed E-state index contributed by atoms with van der Waals surface area (Å²) >= 11 is 13.6. The summed E-state index contributed by atoms with van der Waals surface area (Å²) in [6.07, 6.45) is 0. The lowest BCUT2D eigenvalue weighted by atomic mass is 10.1. The molecule has 0 fully saturated rings. The molecule has 116 valence electrons. The topological polar surface area (TPSA) is 61.4 Å². The summed E-state index contributed by atoms with van der Waals surface area (Å²) in [7, 11) is 0. The van der Waals surface area contributed by atoms with Crippen molar-refractivity contribution in [1.82, 2.24) is 5.48 Å². The zero-order chi connectivity index (χ0) is 16.4. The molecule has 0 aliphatic rings. The van der Waals surface area contributed by atoms with Gasteiger partial charge in [0.2, 0.25) is 0 Å². The maximum atomic E-state index is 14.1. The van der Waals surface area contributed by atoms with Crippen LogP contribution in [0.5, 0.6) is 0 Å². The van der Waals surface area contributed by atoms with Crippen molar-refractivity contribution in [3.63, 3.8) is 0 Å². The molecule has 1 amide bonds. The Bertz CT molecular complexity index is 759. The van der Waals surface area contributed by atoms with E-state index in [1.165, 1.54) is 11.5 Å². The van der Waals surface area contributed by atoms with Crippen molar-refractivity contribution in [3.05, 3.63) is 55.1 Å². The minimum Gasteiger partial charge on any atom is -0.351 e. The highest BCUT2D eigenvalue weighted by molar-refractivity contribution is 14.1. The molecule has 0 saturated carbocycles. The van der Waals surface area contributed by atoms with Gasteiger partial charge in [-0.3, -0.25) is 10.0 Å². The standard InChI is InChI=1S/C13H7Cl2F2IN2O2/c14-7-3-5(18)1-2-9(7)19-12-6(13(21)20-22)4-8(15)10(16)11(12)17/h1-4,19,22H,(H,20,21). The highest BCUT2D eigenvalue weighted by Gasteiger charge is 2.22. The number of hydroxylamine groups is 1. The summed E-state index contributed by atoms with van der Waals surface area (Å²) in [6.45, 7) is 0. The number of amides is 1. The average Bonchev–Trinajstić information content (AvgIpc) is 2.49. The van der Waals surface area contributed by atoms with Crippen molar-refractivity contribution in [1.29, 1.82) is 0 Å². The van der Waals surface area contributed by atoms with Gasteiger partial charge >= 0.3 is 0 Å². The van der Waals surface area contributed by atoms with Crippen LogP contribution in [-0.2, 0) is 0 Å². The van der Waals surface area contributed by atoms with Crippen molar-refractivity contribution in [2.24, 2.45) is 0 Å². The fraction of sp³-hybridized carbons (Fsp3) is 0. The molecule has 0 heterocycles. The number of rotatable bonds is 3. The quantitative estimate of drug-likeness (QED) is 0.269. The fourth-order valence-electron chi connectivity index (χ4n) is 1.68. The van der Waals surface area contributed by atoms with Gasteiger partial charge in [-0.05, 0) is 46.9 Å². The van der Waals surface area contributed by atoms with E-state index in [0.717, 1.165) is 9.64 Å². The Morgan fingerprint density at radius 1 is 1.14 bits per heavy atom. The number of anilines is 2. The molecule has 9 heteroatoms. The molecule has 22 heavy (non-hydrogen) atoms. The number of benzene rings is 2. The van der Waals surface area contributed by atoms with Crippen molar-refractivity contribution >= 4 is 63.1 Å². The smallest absolute Gasteiger partial charge is 0.276 e. The van der Waals surface area contributed by atoms with Crippen molar-refractivity contribution < 1.29 is 18.8 Å². The van der Waals surface area contributed by atoms with Crippen LogP contribution >= 0.6 is 45.8 Å². The third-order valence-corrected chi connectivity index (χ3v) is 3.96. The van der Waals surface area contributed by atoms with Crippen molar-refractivity contribution in [2.45, 2.75) is 0 Å². The Morgan fingerprint density at radius 2 is 1.82 bits per heavy atom. The molecule has 0 aliphatic carbocycles. The summed E-state index contributed by atoms with van der Waals surface area (Å²) in [5, 5.41) is 10.9. The van der Waals surface area contributed by atoms with Crippen LogP contribution in [0.25, 0.3) is 0 Å². The van der Waals surface area contributed by atoms with E-state index in [9.17, 15) is 13.6 Å². The molecule has 0 atom stereocenters. The van der Waals surface area contributed by atoms with Gasteiger partial charge in [0, 0.05) is 3.57 Å². The summed E-state index contributed by atoms with van der Waals surface area (Å²) < 4.78 is 28.6. The second-order valence-corrected chi connectivity index (χ2v) is 6.16. The molecule has 4 nitrogen and oxygen atoms in total. The molecule has 3 N–H and O–H groups in total. The fourth-order valence-corrected chi connectivity index (χ4v) is 2.78. The zero-order valence-electron chi connectivity index (χ0n) is 10.6. The van der Waals surface area contributed by atoms with Crippen LogP contribution in [-0.4, -0.2) is 11.1 Å². The van der Waals surface area contributed by atoms with Crippen LogP contribution in [0.1, 0.15) is 10.4 Å². The Balaban J connectivity index is 2.58. The summed E-state index contributed by atoms with van der Waals surface area (Å²) in [4.78, 5) is 11.6. The predicted molar refractivity (Wildman–Crippen MR) is 88.1 cm³/mol. The van der Waals surface area contributed by atoms with Gasteiger partial charge in [0.15, 0.2) is 11.6 Å². The molecule has 0 radical (unpaired) electrons. The molecule has 0 saturated heterocycles. The van der Waals surface area contributed by atoms with Gasteiger partial charge in [0.1, 0.15) is 0 Å². The molecule has 0 aromatic heterocycles. The number of hydrogen-bond donors (Lipinski definition) is 3. The maximum Gasteiger partial charge on any atom is 0.276 e. The largest absolute Gasteiger partial charge is 0.351 e. The number of nitrogens with one attached hydrogen (secondary N) is 2. The van der Waals surface area contributed by atoms with Crippen LogP contribution < -0.4 is 10.8 Å². The molecule has 2 rings (SSSR count). The Labute approximate surface area is 147 Å². The lowest BCUT2D eigenvalue weighted by Crippen LogP contribution is -2.21. The van der Waals surface area contributed by atoms with Crippen LogP contribution in [0.2, 0.25) is 10.0 Å². The predicted octanol–water partition coefficient (Wildman–Crippen LogP) is 4.74. The van der Waals surface area contributed by atoms with Gasteiger partial charge in [-0.25, -0.2) is 14.3 Å². The number of hydrogen-bond acceptors (Lipinski definition) is 3. The maximum absolute atomic E-state index is 14.1. The third-order valence-electron chi connectivity index (χ3n) is 2.70. The Hall–Kier alpha value is -1.16. The number of carbonyl (C=O) groups excluding carboxylic acids is 1. The molecular weight excluding hydrogens is 452 g/mol.